The minimum Gasteiger partial charge on any atom is -0.483 e. The number of nitrogens with zero attached hydrogens (tertiary/aromatic N) is 2. The van der Waals surface area contributed by atoms with Crippen molar-refractivity contribution >= 4 is 6.09 Å². The van der Waals surface area contributed by atoms with E-state index >= 15 is 0 Å². The average molecular weight is 334 g/mol. The van der Waals surface area contributed by atoms with E-state index in [9.17, 15) is 4.79 Å². The third kappa shape index (κ3) is 3.28. The summed E-state index contributed by atoms with van der Waals surface area (Å²) in [7, 11) is 0. The van der Waals surface area contributed by atoms with E-state index in [1.807, 2.05) is 40.7 Å². The van der Waals surface area contributed by atoms with Crippen LogP contribution in [0, 0.1) is 0 Å². The van der Waals surface area contributed by atoms with Crippen LogP contribution in [-0.4, -0.2) is 46.4 Å². The van der Waals surface area contributed by atoms with E-state index in [2.05, 4.69) is 4.98 Å². The molecule has 6 nitrogen and oxygen atoms in total. The highest BCUT2D eigenvalue weighted by molar-refractivity contribution is 5.69. The number of carbonyl (C=O) groups excluding carboxylic acids is 1. The van der Waals surface area contributed by atoms with Crippen LogP contribution in [-0.2, 0) is 11.2 Å². The zero-order valence-corrected chi connectivity index (χ0v) is 15.1. The molecule has 2 aliphatic rings. The monoisotopic (exact) mass is 334 g/mol. The predicted molar refractivity (Wildman–Crippen MR) is 89.5 cm³/mol. The van der Waals surface area contributed by atoms with Gasteiger partial charge in [-0.2, -0.15) is 0 Å². The second kappa shape index (κ2) is 5.83. The summed E-state index contributed by atoms with van der Waals surface area (Å²) in [4.78, 5) is 18.5. The predicted octanol–water partition coefficient (Wildman–Crippen LogP) is 3.18. The Kier molecular flexibility index (Phi) is 4.10. The molecule has 2 aliphatic heterocycles. The van der Waals surface area contributed by atoms with Gasteiger partial charge in [-0.05, 0) is 34.6 Å². The Morgan fingerprint density at radius 2 is 2.25 bits per heavy atom. The fourth-order valence-electron chi connectivity index (χ4n) is 3.48. The topological polar surface area (TPSA) is 60.9 Å². The molecule has 132 valence electrons. The molecule has 24 heavy (non-hydrogen) atoms. The second-order valence-corrected chi connectivity index (χ2v) is 7.69. The number of ether oxygens (including phenoxy) is 3. The van der Waals surface area contributed by atoms with Crippen LogP contribution in [0.25, 0.3) is 0 Å². The van der Waals surface area contributed by atoms with Gasteiger partial charge < -0.3 is 19.1 Å². The van der Waals surface area contributed by atoms with Gasteiger partial charge in [0.25, 0.3) is 0 Å². The first-order valence-electron chi connectivity index (χ1n) is 8.52. The minimum absolute atomic E-state index is 0.0773. The van der Waals surface area contributed by atoms with Crippen molar-refractivity contribution in [3.8, 4) is 11.6 Å². The summed E-state index contributed by atoms with van der Waals surface area (Å²) in [6, 6.07) is 2.02. The Balaban J connectivity index is 1.73. The number of fused-ring (bicyclic) bond motifs is 1. The lowest BCUT2D eigenvalue weighted by atomic mass is 9.95. The highest BCUT2D eigenvalue weighted by Crippen LogP contribution is 2.43. The number of likely N-dealkylation sites (tertiary alicyclic amines) is 1. The summed E-state index contributed by atoms with van der Waals surface area (Å²) >= 11 is 0. The first kappa shape index (κ1) is 16.9. The fraction of sp³-hybridized carbons (Fsp3) is 0.667. The zero-order chi connectivity index (χ0) is 17.5. The van der Waals surface area contributed by atoms with E-state index in [4.69, 9.17) is 14.2 Å². The van der Waals surface area contributed by atoms with Crippen LogP contribution in [0.15, 0.2) is 12.3 Å². The molecule has 1 fully saturated rings. The molecular formula is C18H26N2O4. The third-order valence-corrected chi connectivity index (χ3v) is 4.34. The molecule has 2 atom stereocenters. The van der Waals surface area contributed by atoms with Gasteiger partial charge in [-0.15, -0.1) is 0 Å². The van der Waals surface area contributed by atoms with Crippen molar-refractivity contribution in [1.82, 2.24) is 9.88 Å². The van der Waals surface area contributed by atoms with Gasteiger partial charge >= 0.3 is 6.09 Å². The van der Waals surface area contributed by atoms with Crippen molar-refractivity contribution in [1.29, 1.82) is 0 Å². The van der Waals surface area contributed by atoms with E-state index in [0.717, 1.165) is 24.2 Å². The van der Waals surface area contributed by atoms with Gasteiger partial charge in [0.15, 0.2) is 0 Å². The van der Waals surface area contributed by atoms with Gasteiger partial charge in [0, 0.05) is 30.5 Å². The number of amides is 1. The van der Waals surface area contributed by atoms with Crippen molar-refractivity contribution in [2.45, 2.75) is 64.7 Å². The van der Waals surface area contributed by atoms with E-state index in [-0.39, 0.29) is 17.7 Å². The first-order valence-corrected chi connectivity index (χ1v) is 8.52. The maximum absolute atomic E-state index is 12.4. The maximum Gasteiger partial charge on any atom is 0.410 e. The van der Waals surface area contributed by atoms with Crippen molar-refractivity contribution in [2.24, 2.45) is 0 Å². The maximum atomic E-state index is 12.4. The number of rotatable bonds is 2. The second-order valence-electron chi connectivity index (χ2n) is 7.69. The largest absolute Gasteiger partial charge is 0.483 e. The van der Waals surface area contributed by atoms with Crippen LogP contribution >= 0.6 is 0 Å². The molecule has 1 spiro atoms. The van der Waals surface area contributed by atoms with Crippen molar-refractivity contribution < 1.29 is 19.0 Å². The van der Waals surface area contributed by atoms with Crippen LogP contribution < -0.4 is 9.47 Å². The van der Waals surface area contributed by atoms with E-state index in [0.29, 0.717) is 19.0 Å². The quantitative estimate of drug-likeness (QED) is 0.831. The van der Waals surface area contributed by atoms with Crippen LogP contribution in [0.1, 0.15) is 46.6 Å². The molecule has 0 N–H and O–H groups in total. The smallest absolute Gasteiger partial charge is 0.410 e. The van der Waals surface area contributed by atoms with Gasteiger partial charge in [0.2, 0.25) is 5.88 Å². The summed E-state index contributed by atoms with van der Waals surface area (Å²) in [5.41, 5.74) is 0.208. The number of hydrogen-bond acceptors (Lipinski definition) is 5. The van der Waals surface area contributed by atoms with Gasteiger partial charge in [0.1, 0.15) is 17.0 Å². The molecule has 1 amide bonds. The Labute approximate surface area is 143 Å². The molecular weight excluding hydrogens is 308 g/mol. The molecule has 1 aromatic rings. The van der Waals surface area contributed by atoms with Crippen LogP contribution in [0.2, 0.25) is 0 Å². The zero-order valence-electron chi connectivity index (χ0n) is 15.1. The number of hydrogen-bond donors (Lipinski definition) is 0. The standard InChI is InChI=1S/C18H26N2O4/c1-6-22-15-7-13-9-18(23-14(13)10-19-15)8-12(2)20(11-18)16(21)24-17(3,4)5/h7,10,12H,6,8-9,11H2,1-5H3. The molecule has 1 aromatic heterocycles. The molecule has 3 heterocycles. The lowest BCUT2D eigenvalue weighted by Gasteiger charge is -2.27. The van der Waals surface area contributed by atoms with Crippen molar-refractivity contribution in [3.05, 3.63) is 17.8 Å². The van der Waals surface area contributed by atoms with E-state index in [1.54, 1.807) is 11.1 Å². The lowest BCUT2D eigenvalue weighted by Crippen LogP contribution is -2.42. The summed E-state index contributed by atoms with van der Waals surface area (Å²) in [6.45, 7) is 10.7. The number of carbonyl (C=O) groups is 1. The summed E-state index contributed by atoms with van der Waals surface area (Å²) < 4.78 is 17.2. The molecule has 0 saturated carbocycles. The number of aromatic nitrogens is 1. The molecule has 0 aliphatic carbocycles. The van der Waals surface area contributed by atoms with E-state index in [1.165, 1.54) is 0 Å². The summed E-state index contributed by atoms with van der Waals surface area (Å²) in [5.74, 6) is 1.41. The van der Waals surface area contributed by atoms with Crippen molar-refractivity contribution in [2.75, 3.05) is 13.2 Å². The Morgan fingerprint density at radius 1 is 1.50 bits per heavy atom. The van der Waals surface area contributed by atoms with Crippen LogP contribution in [0.4, 0.5) is 4.79 Å². The summed E-state index contributed by atoms with van der Waals surface area (Å²) in [5, 5.41) is 0. The van der Waals surface area contributed by atoms with Gasteiger partial charge in [-0.1, -0.05) is 0 Å². The highest BCUT2D eigenvalue weighted by atomic mass is 16.6. The first-order chi connectivity index (χ1) is 11.2. The van der Waals surface area contributed by atoms with Gasteiger partial charge in [0.05, 0.1) is 19.3 Å². The molecule has 6 heteroatoms. The van der Waals surface area contributed by atoms with Gasteiger partial charge in [-0.3, -0.25) is 0 Å². The van der Waals surface area contributed by atoms with Crippen LogP contribution in [0.5, 0.6) is 11.6 Å². The minimum atomic E-state index is -0.498. The van der Waals surface area contributed by atoms with Crippen molar-refractivity contribution in [3.63, 3.8) is 0 Å². The molecule has 3 rings (SSSR count). The molecule has 0 aromatic carbocycles. The Bertz CT molecular complexity index is 640. The molecule has 0 bridgehead atoms. The molecule has 1 saturated heterocycles. The number of pyridine rings is 1. The average Bonchev–Trinajstić information content (AvgIpc) is 2.96. The fourth-order valence-corrected chi connectivity index (χ4v) is 3.48. The van der Waals surface area contributed by atoms with Crippen LogP contribution in [0.3, 0.4) is 0 Å². The van der Waals surface area contributed by atoms with Gasteiger partial charge in [-0.25, -0.2) is 9.78 Å². The molecule has 2 unspecified atom stereocenters. The molecule has 0 radical (unpaired) electrons. The SMILES string of the molecule is CCOc1cc2c(cn1)OC1(C2)CC(C)N(C(=O)OC(C)(C)C)C1. The third-order valence-electron chi connectivity index (χ3n) is 4.34. The Morgan fingerprint density at radius 3 is 2.92 bits per heavy atom. The normalized spacial score (nSPS) is 25.5. The highest BCUT2D eigenvalue weighted by Gasteiger charge is 2.50. The summed E-state index contributed by atoms with van der Waals surface area (Å²) in [6.07, 6.45) is 2.98. The lowest BCUT2D eigenvalue weighted by molar-refractivity contribution is 0.0191. The Hall–Kier alpha value is -1.98. The van der Waals surface area contributed by atoms with E-state index < -0.39 is 5.60 Å².